The maximum absolute atomic E-state index is 13.9. The van der Waals surface area contributed by atoms with Crippen molar-refractivity contribution in [3.8, 4) is 69.6 Å². The van der Waals surface area contributed by atoms with Gasteiger partial charge >= 0.3 is 28.9 Å². The molecular formula is C86H76N26O9S3. The monoisotopic (exact) mass is 1710 g/mol. The van der Waals surface area contributed by atoms with Crippen LogP contribution in [0.4, 0.5) is 49.9 Å². The highest BCUT2D eigenvalue weighted by atomic mass is 32.1. The summed E-state index contributed by atoms with van der Waals surface area (Å²) in [5.41, 5.74) is 24.6. The standard InChI is InChI=1S/C30H27N9O3S.C29H27N9O3S.C27H22N8O3S/c1-18-16-32-29(43-18)36-28(41)19-8-10-22(11-9-19)38-25-26(31)33-17-34-27(25)39(30(38)42)23-6-3-5-20(15-23)35-24(40)7-4-14-37(2)21-12-13-21;1-18-16-31-28(42-18)34-27(40)19-10-12-20(13-11-19)37-24-25(30)32-17-33-26(24)38(29(37)41)22-8-5-7-21(15-22)36(4)23(39)9-6-14-35(2)3;1-4-6-21(36)33(3)19-7-5-8-20(13-19)35-24-22(23(28)30-15-31-24)34(27(35)38)18-11-9-17(10-12-18)25(37)32-26-29-14-16(2)39-26/h3,5-6,8-11,15-17,21H,12-14H2,1-2H3,(H,35,40)(H2,31,33,34)(H,32,36,41);5,7-8,10-13,15-17H,14H2,1-4H3,(H2,30,32,33)(H,31,34,40);5,7-15H,1-3H3,(H2,28,30,31)(H,29,32,37). The van der Waals surface area contributed by atoms with Gasteiger partial charge in [-0.05, 0) is 207 Å². The van der Waals surface area contributed by atoms with Gasteiger partial charge in [0.15, 0.2) is 49.8 Å². The normalized spacial score (nSPS) is 11.4. The lowest BCUT2D eigenvalue weighted by atomic mass is 10.2. The average Bonchev–Trinajstić information content (AvgIpc) is 1.60. The smallest absolute Gasteiger partial charge is 0.339 e. The largest absolute Gasteiger partial charge is 0.382 e. The van der Waals surface area contributed by atoms with Crippen LogP contribution in [0.3, 0.4) is 0 Å². The highest BCUT2D eigenvalue weighted by Crippen LogP contribution is 2.31. The number of amides is 6. The Morgan fingerprint density at radius 2 is 0.774 bits per heavy atom. The molecule has 10 N–H and O–H groups in total. The summed E-state index contributed by atoms with van der Waals surface area (Å²) in [6.45, 7) is 8.27. The van der Waals surface area contributed by atoms with E-state index in [9.17, 15) is 43.2 Å². The number of nitrogens with one attached hydrogen (secondary N) is 4. The van der Waals surface area contributed by atoms with Crippen LogP contribution in [-0.2, 0) is 14.4 Å². The number of nitrogens with two attached hydrogens (primary N) is 3. The second-order valence-corrected chi connectivity index (χ2v) is 31.8. The number of carbonyl (C=O) groups excluding carboxylic acids is 6. The van der Waals surface area contributed by atoms with E-state index in [1.54, 1.807) is 185 Å². The number of fused-ring (bicyclic) bond motifs is 3. The zero-order chi connectivity index (χ0) is 87.7. The number of nitrogens with zero attached hydrogens (tertiary/aromatic N) is 19. The SMILES string of the molecule is CC#CC(=O)N(C)c1cccc(-n2c(=O)n(-c3ccc(C(=O)Nc4ncc(C)s4)cc3)c3c(N)ncnc32)c1.Cc1cnc(NC(=O)c2ccc(-n3c(=O)n(-c4cccc(N(C)C(=O)C#CCN(C)C)c4)c4ncnc(N)c43)cc2)s1.Cc1cnc(NC(=O)c2ccc(-n3c(=O)n(-c4cccc(NC(=O)C#CCN(C)C5CC5)c4)c4ncnc(N)c43)cc2)s1. The first-order valence-electron chi connectivity index (χ1n) is 37.9. The molecule has 622 valence electrons. The molecule has 16 rings (SSSR count). The summed E-state index contributed by atoms with van der Waals surface area (Å²) in [6, 6.07) is 40.7. The van der Waals surface area contributed by atoms with E-state index in [-0.39, 0.29) is 63.9 Å². The van der Waals surface area contributed by atoms with Crippen molar-refractivity contribution in [2.24, 2.45) is 0 Å². The maximum atomic E-state index is 13.9. The third-order valence-corrected chi connectivity index (χ3v) is 21.6. The predicted molar refractivity (Wildman–Crippen MR) is 480 cm³/mol. The van der Waals surface area contributed by atoms with Gasteiger partial charge in [0.05, 0.1) is 47.2 Å². The fraction of sp³-hybridized carbons (Fsp3) is 0.163. The molecule has 38 heteroatoms. The van der Waals surface area contributed by atoms with Crippen molar-refractivity contribution in [2.75, 3.05) is 96.6 Å². The predicted octanol–water partition coefficient (Wildman–Crippen LogP) is 9.06. The first kappa shape index (κ1) is 84.5. The highest BCUT2D eigenvalue weighted by Gasteiger charge is 2.28. The van der Waals surface area contributed by atoms with E-state index in [2.05, 4.69) is 107 Å². The van der Waals surface area contributed by atoms with Crippen molar-refractivity contribution in [1.29, 1.82) is 0 Å². The molecule has 1 aliphatic rings. The molecule has 9 heterocycles. The Hall–Kier alpha value is -15.9. The lowest BCUT2D eigenvalue weighted by molar-refractivity contribution is -0.113. The van der Waals surface area contributed by atoms with Gasteiger partial charge in [0.25, 0.3) is 23.6 Å². The van der Waals surface area contributed by atoms with Crippen LogP contribution in [0.15, 0.2) is 198 Å². The number of hydrogen-bond acceptors (Lipinski definition) is 26. The number of imidazole rings is 3. The molecule has 1 aliphatic carbocycles. The van der Waals surface area contributed by atoms with Gasteiger partial charge in [-0.2, -0.15) is 0 Å². The van der Waals surface area contributed by atoms with E-state index in [1.807, 2.05) is 46.8 Å². The number of carbonyl (C=O) groups is 6. The van der Waals surface area contributed by atoms with E-state index in [4.69, 9.17) is 17.2 Å². The van der Waals surface area contributed by atoms with Crippen molar-refractivity contribution >= 4 is 153 Å². The lowest BCUT2D eigenvalue weighted by Crippen LogP contribution is -2.26. The molecule has 0 saturated heterocycles. The van der Waals surface area contributed by atoms with Crippen LogP contribution in [0.1, 0.15) is 65.5 Å². The Kier molecular flexibility index (Phi) is 25.1. The molecular weight excluding hydrogens is 1640 g/mol. The van der Waals surface area contributed by atoms with E-state index < -0.39 is 23.0 Å². The average molecular weight is 1710 g/mol. The number of aromatic nitrogens is 15. The summed E-state index contributed by atoms with van der Waals surface area (Å²) < 4.78 is 8.37. The van der Waals surface area contributed by atoms with Gasteiger partial charge in [0.2, 0.25) is 0 Å². The Balaban J connectivity index is 0.000000152. The van der Waals surface area contributed by atoms with E-state index in [0.717, 1.165) is 14.6 Å². The third-order valence-electron chi connectivity index (χ3n) is 19.1. The van der Waals surface area contributed by atoms with Gasteiger partial charge in [-0.15, -0.1) is 34.0 Å². The molecule has 1 fully saturated rings. The molecule has 6 amide bonds. The Labute approximate surface area is 718 Å². The molecule has 0 spiro atoms. The second kappa shape index (κ2) is 36.7. The number of rotatable bonds is 18. The Morgan fingerprint density at radius 3 is 1.12 bits per heavy atom. The van der Waals surface area contributed by atoms with E-state index in [0.29, 0.717) is 119 Å². The molecule has 0 unspecified atom stereocenters. The summed E-state index contributed by atoms with van der Waals surface area (Å²) in [4.78, 5) is 165. The second-order valence-electron chi connectivity index (χ2n) is 28.1. The molecule has 0 radical (unpaired) electrons. The van der Waals surface area contributed by atoms with Gasteiger partial charge in [-0.25, -0.2) is 72.9 Å². The molecule has 0 atom stereocenters. The zero-order valence-corrected chi connectivity index (χ0v) is 70.3. The van der Waals surface area contributed by atoms with E-state index >= 15 is 0 Å². The minimum absolute atomic E-state index is 0.108. The summed E-state index contributed by atoms with van der Waals surface area (Å²) in [5, 5.41) is 12.6. The molecule has 35 nitrogen and oxygen atoms in total. The third kappa shape index (κ3) is 18.6. The first-order chi connectivity index (χ1) is 59.7. The van der Waals surface area contributed by atoms with Crippen molar-refractivity contribution in [3.63, 3.8) is 0 Å². The lowest BCUT2D eigenvalue weighted by Gasteiger charge is -2.15. The quantitative estimate of drug-likeness (QED) is 0.0394. The number of anilines is 9. The zero-order valence-electron chi connectivity index (χ0n) is 67.9. The van der Waals surface area contributed by atoms with Gasteiger partial charge < -0.3 is 32.3 Å². The number of thiazole rings is 3. The van der Waals surface area contributed by atoms with Crippen molar-refractivity contribution < 1.29 is 28.8 Å². The highest BCUT2D eigenvalue weighted by molar-refractivity contribution is 7.16. The molecule has 124 heavy (non-hydrogen) atoms. The van der Waals surface area contributed by atoms with Crippen LogP contribution in [-0.4, -0.2) is 172 Å². The Bertz CT molecular complexity index is 7100. The molecule has 6 aromatic carbocycles. The van der Waals surface area contributed by atoms with Crippen LogP contribution in [0, 0.1) is 56.3 Å². The molecule has 9 aromatic heterocycles. The summed E-state index contributed by atoms with van der Waals surface area (Å²) in [6.07, 6.45) is 11.2. The van der Waals surface area contributed by atoms with Gasteiger partial charge in [-0.3, -0.25) is 68.2 Å². The van der Waals surface area contributed by atoms with Crippen LogP contribution in [0.25, 0.3) is 67.6 Å². The van der Waals surface area contributed by atoms with E-state index in [1.165, 1.54) is 103 Å². The van der Waals surface area contributed by atoms with Crippen LogP contribution < -0.4 is 65.3 Å². The Morgan fingerprint density at radius 1 is 0.419 bits per heavy atom. The molecule has 0 aliphatic heterocycles. The summed E-state index contributed by atoms with van der Waals surface area (Å²) in [7, 11) is 8.95. The number of benzene rings is 6. The van der Waals surface area contributed by atoms with Crippen molar-refractivity contribution in [3.05, 3.63) is 246 Å². The topological polar surface area (TPSA) is 438 Å². The first-order valence-corrected chi connectivity index (χ1v) is 40.3. The van der Waals surface area contributed by atoms with Gasteiger partial charge in [0.1, 0.15) is 35.5 Å². The summed E-state index contributed by atoms with van der Waals surface area (Å²) >= 11 is 4.13. The minimum Gasteiger partial charge on any atom is -0.382 e. The fourth-order valence-electron chi connectivity index (χ4n) is 12.8. The number of aryl methyl sites for hydroxylation is 3. The van der Waals surface area contributed by atoms with Crippen molar-refractivity contribution in [1.82, 2.24) is 82.1 Å². The maximum Gasteiger partial charge on any atom is 0.339 e. The van der Waals surface area contributed by atoms with Gasteiger partial charge in [0, 0.05) is 87.1 Å². The minimum atomic E-state index is -0.455. The summed E-state index contributed by atoms with van der Waals surface area (Å²) in [5.74, 6) is 14.2. The molecule has 0 bridgehead atoms. The van der Waals surface area contributed by atoms with Crippen LogP contribution in [0.5, 0.6) is 0 Å². The number of hydrogen-bond donors (Lipinski definition) is 7. The van der Waals surface area contributed by atoms with Crippen LogP contribution in [0.2, 0.25) is 0 Å². The molecule has 15 aromatic rings. The fourth-order valence-corrected chi connectivity index (χ4v) is 14.8. The van der Waals surface area contributed by atoms with Gasteiger partial charge in [-0.1, -0.05) is 36.0 Å². The molecule has 1 saturated carbocycles. The number of nitrogen functional groups attached to an aromatic ring is 3. The van der Waals surface area contributed by atoms with Crippen LogP contribution >= 0.6 is 34.0 Å². The van der Waals surface area contributed by atoms with Crippen molar-refractivity contribution in [2.45, 2.75) is 46.6 Å².